The number of rotatable bonds is 7. The fourth-order valence-corrected chi connectivity index (χ4v) is 2.76. The van der Waals surface area contributed by atoms with Gasteiger partial charge in [-0.3, -0.25) is 0 Å². The summed E-state index contributed by atoms with van der Waals surface area (Å²) in [6.45, 7) is 2.25. The molecule has 29 heavy (non-hydrogen) atoms. The highest BCUT2D eigenvalue weighted by molar-refractivity contribution is 5.87. The highest BCUT2D eigenvalue weighted by Gasteiger charge is 2.09. The molecule has 7 heteroatoms. The maximum atomic E-state index is 12.1. The number of aromatic hydroxyl groups is 1. The summed E-state index contributed by atoms with van der Waals surface area (Å²) in [5, 5.41) is 10.1. The lowest BCUT2D eigenvalue weighted by molar-refractivity contribution is -0.138. The Hall–Kier alpha value is -3.74. The van der Waals surface area contributed by atoms with E-state index in [0.717, 1.165) is 5.56 Å². The summed E-state index contributed by atoms with van der Waals surface area (Å²) in [6.07, 6.45) is 2.89. The molecule has 0 aliphatic rings. The molecule has 0 amide bonds. The number of ether oxygens (including phenoxy) is 3. The number of esters is 1. The summed E-state index contributed by atoms with van der Waals surface area (Å²) in [6, 6.07) is 10.9. The van der Waals surface area contributed by atoms with Crippen molar-refractivity contribution in [3.05, 3.63) is 70.1 Å². The van der Waals surface area contributed by atoms with Gasteiger partial charge in [0.1, 0.15) is 17.9 Å². The van der Waals surface area contributed by atoms with E-state index >= 15 is 0 Å². The van der Waals surface area contributed by atoms with Crippen molar-refractivity contribution in [1.82, 2.24) is 0 Å². The van der Waals surface area contributed by atoms with Crippen molar-refractivity contribution in [1.29, 1.82) is 0 Å². The first kappa shape index (κ1) is 20.0. The van der Waals surface area contributed by atoms with Crippen LogP contribution in [0.4, 0.5) is 0 Å². The lowest BCUT2D eigenvalue weighted by atomic mass is 10.1. The summed E-state index contributed by atoms with van der Waals surface area (Å²) >= 11 is 0. The van der Waals surface area contributed by atoms with Crippen molar-refractivity contribution in [2.24, 2.45) is 0 Å². The van der Waals surface area contributed by atoms with Crippen molar-refractivity contribution in [2.75, 3.05) is 13.7 Å². The molecule has 7 nitrogen and oxygen atoms in total. The van der Waals surface area contributed by atoms with E-state index in [0.29, 0.717) is 29.1 Å². The molecule has 0 unspecified atom stereocenters. The highest BCUT2D eigenvalue weighted by Crippen LogP contribution is 2.28. The Labute approximate surface area is 166 Å². The number of methoxy groups -OCH3 is 1. The molecule has 0 aliphatic heterocycles. The zero-order valence-corrected chi connectivity index (χ0v) is 16.0. The maximum Gasteiger partial charge on any atom is 0.336 e. The highest BCUT2D eigenvalue weighted by atomic mass is 16.5. The molecule has 0 bridgehead atoms. The van der Waals surface area contributed by atoms with Crippen LogP contribution in [-0.2, 0) is 16.1 Å². The summed E-state index contributed by atoms with van der Waals surface area (Å²) in [5.41, 5.74) is 0.862. The first-order valence-corrected chi connectivity index (χ1v) is 8.91. The van der Waals surface area contributed by atoms with Crippen molar-refractivity contribution >= 4 is 23.0 Å². The Morgan fingerprint density at radius 1 is 1.14 bits per heavy atom. The predicted molar refractivity (Wildman–Crippen MR) is 107 cm³/mol. The molecule has 3 rings (SSSR count). The van der Waals surface area contributed by atoms with E-state index < -0.39 is 11.6 Å². The summed E-state index contributed by atoms with van der Waals surface area (Å²) in [5.74, 6) is 0.589. The van der Waals surface area contributed by atoms with Gasteiger partial charge in [0, 0.05) is 29.2 Å². The summed E-state index contributed by atoms with van der Waals surface area (Å²) in [4.78, 5) is 23.8. The molecule has 3 aromatic rings. The number of phenols is 1. The Bertz CT molecular complexity index is 1110. The van der Waals surface area contributed by atoms with Gasteiger partial charge in [-0.05, 0) is 42.8 Å². The number of carbonyl (C=O) groups is 1. The third kappa shape index (κ3) is 4.95. The molecule has 0 saturated heterocycles. The lowest BCUT2D eigenvalue weighted by Crippen LogP contribution is -2.05. The molecule has 0 aliphatic carbocycles. The first-order chi connectivity index (χ1) is 14.0. The first-order valence-electron chi connectivity index (χ1n) is 8.91. The predicted octanol–water partition coefficient (Wildman–Crippen LogP) is 3.66. The Morgan fingerprint density at radius 2 is 1.97 bits per heavy atom. The summed E-state index contributed by atoms with van der Waals surface area (Å²) in [7, 11) is 1.56. The van der Waals surface area contributed by atoms with E-state index in [2.05, 4.69) is 0 Å². The second-order valence-corrected chi connectivity index (χ2v) is 6.06. The number of fused-ring (bicyclic) bond motifs is 1. The maximum absolute atomic E-state index is 12.1. The second kappa shape index (κ2) is 8.97. The fourth-order valence-electron chi connectivity index (χ4n) is 2.76. The minimum absolute atomic E-state index is 0.0244. The molecule has 0 radical (unpaired) electrons. The van der Waals surface area contributed by atoms with Gasteiger partial charge >= 0.3 is 11.6 Å². The Morgan fingerprint density at radius 3 is 2.72 bits per heavy atom. The van der Waals surface area contributed by atoms with Gasteiger partial charge in [0.2, 0.25) is 0 Å². The van der Waals surface area contributed by atoms with Crippen LogP contribution in [0.15, 0.2) is 57.8 Å². The van der Waals surface area contributed by atoms with Crippen LogP contribution < -0.4 is 15.1 Å². The molecule has 0 spiro atoms. The minimum atomic E-state index is -0.591. The van der Waals surface area contributed by atoms with Gasteiger partial charge in [0.15, 0.2) is 11.5 Å². The normalized spacial score (nSPS) is 11.0. The van der Waals surface area contributed by atoms with E-state index in [1.54, 1.807) is 37.5 Å². The van der Waals surface area contributed by atoms with Gasteiger partial charge in [-0.25, -0.2) is 9.59 Å². The number of carbonyl (C=O) groups excluding carboxylic acids is 1. The Balaban J connectivity index is 1.71. The number of benzene rings is 2. The quantitative estimate of drug-likeness (QED) is 0.370. The van der Waals surface area contributed by atoms with Crippen molar-refractivity contribution in [3.8, 4) is 17.2 Å². The smallest absolute Gasteiger partial charge is 0.336 e. The molecule has 0 saturated carbocycles. The summed E-state index contributed by atoms with van der Waals surface area (Å²) < 4.78 is 21.0. The molecule has 1 aromatic heterocycles. The topological polar surface area (TPSA) is 95.2 Å². The van der Waals surface area contributed by atoms with Gasteiger partial charge in [0.25, 0.3) is 0 Å². The molecule has 1 heterocycles. The Kier molecular flexibility index (Phi) is 6.19. The van der Waals surface area contributed by atoms with Crippen LogP contribution in [0.1, 0.15) is 18.1 Å². The zero-order valence-electron chi connectivity index (χ0n) is 16.0. The van der Waals surface area contributed by atoms with E-state index in [-0.39, 0.29) is 17.9 Å². The monoisotopic (exact) mass is 396 g/mol. The van der Waals surface area contributed by atoms with E-state index in [9.17, 15) is 14.7 Å². The SMILES string of the molecule is CCOc1cc(/C=C/C(=O)OCc2cc(=O)oc3cc(O)ccc23)ccc1OC. The number of hydrogen-bond acceptors (Lipinski definition) is 7. The molecule has 1 N–H and O–H groups in total. The van der Waals surface area contributed by atoms with Crippen LogP contribution >= 0.6 is 0 Å². The molecule has 0 atom stereocenters. The fraction of sp³-hybridized carbons (Fsp3) is 0.182. The number of hydrogen-bond donors (Lipinski definition) is 1. The van der Waals surface area contributed by atoms with Crippen LogP contribution in [0.5, 0.6) is 17.2 Å². The molecular formula is C22H20O7. The third-order valence-electron chi connectivity index (χ3n) is 4.08. The molecule has 150 valence electrons. The van der Waals surface area contributed by atoms with Gasteiger partial charge in [-0.1, -0.05) is 6.07 Å². The van der Waals surface area contributed by atoms with Gasteiger partial charge < -0.3 is 23.7 Å². The zero-order chi connectivity index (χ0) is 20.8. The van der Waals surface area contributed by atoms with Crippen LogP contribution in [0, 0.1) is 0 Å². The minimum Gasteiger partial charge on any atom is -0.508 e. The largest absolute Gasteiger partial charge is 0.508 e. The van der Waals surface area contributed by atoms with Crippen molar-refractivity contribution < 1.29 is 28.5 Å². The third-order valence-corrected chi connectivity index (χ3v) is 4.08. The van der Waals surface area contributed by atoms with E-state index in [1.807, 2.05) is 6.92 Å². The van der Waals surface area contributed by atoms with Crippen molar-refractivity contribution in [3.63, 3.8) is 0 Å². The van der Waals surface area contributed by atoms with Crippen LogP contribution in [0.3, 0.4) is 0 Å². The van der Waals surface area contributed by atoms with Crippen molar-refractivity contribution in [2.45, 2.75) is 13.5 Å². The van der Waals surface area contributed by atoms with Crippen LogP contribution in [0.2, 0.25) is 0 Å². The van der Waals surface area contributed by atoms with E-state index in [4.69, 9.17) is 18.6 Å². The van der Waals surface area contributed by atoms with Gasteiger partial charge in [-0.15, -0.1) is 0 Å². The number of phenolic OH excluding ortho intramolecular Hbond substituents is 1. The molecule has 2 aromatic carbocycles. The van der Waals surface area contributed by atoms with Gasteiger partial charge in [-0.2, -0.15) is 0 Å². The average molecular weight is 396 g/mol. The second-order valence-electron chi connectivity index (χ2n) is 6.06. The average Bonchev–Trinajstić information content (AvgIpc) is 2.70. The molecule has 0 fully saturated rings. The molecular weight excluding hydrogens is 376 g/mol. The van der Waals surface area contributed by atoms with Crippen LogP contribution in [0.25, 0.3) is 17.0 Å². The van der Waals surface area contributed by atoms with E-state index in [1.165, 1.54) is 24.3 Å². The standard InChI is InChI=1S/C22H20O7/c1-3-27-20-10-14(4-8-18(20)26-2)5-9-21(24)28-13-15-11-22(25)29-19-12-16(23)6-7-17(15)19/h4-12,23H,3,13H2,1-2H3/b9-5+. The van der Waals surface area contributed by atoms with Gasteiger partial charge in [0.05, 0.1) is 13.7 Å². The van der Waals surface area contributed by atoms with Crippen LogP contribution in [-0.4, -0.2) is 24.8 Å². The lowest BCUT2D eigenvalue weighted by Gasteiger charge is -2.09.